The fourth-order valence-corrected chi connectivity index (χ4v) is 1.96. The third-order valence-electron chi connectivity index (χ3n) is 2.97. The molecule has 6 nitrogen and oxygen atoms in total. The van der Waals surface area contributed by atoms with Crippen LogP contribution in [0.15, 0.2) is 5.10 Å². The van der Waals surface area contributed by atoms with Gasteiger partial charge in [-0.05, 0) is 6.92 Å². The number of hydrazone groups is 1. The summed E-state index contributed by atoms with van der Waals surface area (Å²) >= 11 is 0. The maximum absolute atomic E-state index is 11.9. The van der Waals surface area contributed by atoms with Gasteiger partial charge in [-0.25, -0.2) is 4.79 Å². The quantitative estimate of drug-likeness (QED) is 0.666. The Kier molecular flexibility index (Phi) is 2.52. The van der Waals surface area contributed by atoms with Gasteiger partial charge in [0.1, 0.15) is 5.84 Å². The smallest absolute Gasteiger partial charge is 0.327 e. The molecule has 0 saturated carbocycles. The molecule has 0 bridgehead atoms. The van der Waals surface area contributed by atoms with Crippen LogP contribution in [0.5, 0.6) is 0 Å². The minimum Gasteiger partial charge on any atom is -0.359 e. The standard InChI is InChI=1S/C9H16N4O2/c1-6-8(15-3)13(9(14)12(6)2)7-4-5-10-11-7/h6,8,10H,4-5H2,1-3H3. The number of carbonyl (C=O) groups excluding carboxylic acids is 1. The number of nitrogens with one attached hydrogen (secondary N) is 1. The largest absolute Gasteiger partial charge is 0.359 e. The van der Waals surface area contributed by atoms with Crippen LogP contribution in [0.25, 0.3) is 0 Å². The lowest BCUT2D eigenvalue weighted by Gasteiger charge is -2.22. The van der Waals surface area contributed by atoms with Crippen LogP contribution in [0, 0.1) is 0 Å². The highest BCUT2D eigenvalue weighted by atomic mass is 16.5. The van der Waals surface area contributed by atoms with Gasteiger partial charge in [0, 0.05) is 27.1 Å². The van der Waals surface area contributed by atoms with E-state index in [0.717, 1.165) is 18.8 Å². The van der Waals surface area contributed by atoms with Crippen LogP contribution in [-0.4, -0.2) is 54.6 Å². The van der Waals surface area contributed by atoms with Crippen molar-refractivity contribution >= 4 is 11.9 Å². The molecule has 0 aromatic carbocycles. The fourth-order valence-electron chi connectivity index (χ4n) is 1.96. The van der Waals surface area contributed by atoms with Gasteiger partial charge in [-0.3, -0.25) is 4.90 Å². The van der Waals surface area contributed by atoms with Crippen molar-refractivity contribution in [3.05, 3.63) is 0 Å². The van der Waals surface area contributed by atoms with Crippen molar-refractivity contribution in [2.45, 2.75) is 25.6 Å². The van der Waals surface area contributed by atoms with Crippen LogP contribution in [-0.2, 0) is 4.74 Å². The van der Waals surface area contributed by atoms with Gasteiger partial charge in [0.2, 0.25) is 0 Å². The van der Waals surface area contributed by atoms with E-state index in [0.29, 0.717) is 0 Å². The third kappa shape index (κ3) is 1.45. The first-order valence-corrected chi connectivity index (χ1v) is 5.05. The molecule has 0 aliphatic carbocycles. The van der Waals surface area contributed by atoms with Crippen LogP contribution in [0.1, 0.15) is 13.3 Å². The molecule has 1 fully saturated rings. The molecule has 2 unspecified atom stereocenters. The number of nitrogens with zero attached hydrogens (tertiary/aromatic N) is 3. The van der Waals surface area contributed by atoms with Gasteiger partial charge in [-0.2, -0.15) is 5.10 Å². The Bertz CT molecular complexity index is 304. The summed E-state index contributed by atoms with van der Waals surface area (Å²) < 4.78 is 5.34. The molecule has 1 N–H and O–H groups in total. The third-order valence-corrected chi connectivity index (χ3v) is 2.97. The molecule has 2 amide bonds. The normalized spacial score (nSPS) is 30.9. The van der Waals surface area contributed by atoms with Gasteiger partial charge >= 0.3 is 6.03 Å². The van der Waals surface area contributed by atoms with E-state index in [-0.39, 0.29) is 18.3 Å². The number of amidine groups is 1. The van der Waals surface area contributed by atoms with Crippen molar-refractivity contribution in [3.63, 3.8) is 0 Å². The first-order chi connectivity index (χ1) is 7.16. The van der Waals surface area contributed by atoms with E-state index >= 15 is 0 Å². The maximum Gasteiger partial charge on any atom is 0.327 e. The number of urea groups is 1. The van der Waals surface area contributed by atoms with E-state index in [2.05, 4.69) is 10.5 Å². The van der Waals surface area contributed by atoms with Crippen LogP contribution < -0.4 is 5.43 Å². The number of methoxy groups -OCH3 is 1. The molecule has 84 valence electrons. The zero-order valence-corrected chi connectivity index (χ0v) is 9.23. The molecule has 6 heteroatoms. The van der Waals surface area contributed by atoms with Crippen LogP contribution >= 0.6 is 0 Å². The van der Waals surface area contributed by atoms with Crippen LogP contribution in [0.2, 0.25) is 0 Å². The predicted molar refractivity (Wildman–Crippen MR) is 55.3 cm³/mol. The minimum absolute atomic E-state index is 0.0446. The Morgan fingerprint density at radius 3 is 2.87 bits per heavy atom. The highest BCUT2D eigenvalue weighted by molar-refractivity contribution is 5.99. The molecule has 15 heavy (non-hydrogen) atoms. The lowest BCUT2D eigenvalue weighted by molar-refractivity contribution is 0.0237. The second kappa shape index (κ2) is 3.69. The van der Waals surface area contributed by atoms with E-state index in [4.69, 9.17) is 4.74 Å². The van der Waals surface area contributed by atoms with Crippen molar-refractivity contribution < 1.29 is 9.53 Å². The highest BCUT2D eigenvalue weighted by Crippen LogP contribution is 2.23. The molecule has 0 spiro atoms. The summed E-state index contributed by atoms with van der Waals surface area (Å²) in [5.74, 6) is 0.767. The predicted octanol–water partition coefficient (Wildman–Crippen LogP) is 0.0216. The fraction of sp³-hybridized carbons (Fsp3) is 0.778. The van der Waals surface area contributed by atoms with Crippen molar-refractivity contribution in [2.24, 2.45) is 5.10 Å². The summed E-state index contributed by atoms with van der Waals surface area (Å²) in [6, 6.07) is 0.00241. The molecule has 2 aliphatic heterocycles. The molecule has 2 heterocycles. The van der Waals surface area contributed by atoms with Crippen molar-refractivity contribution in [2.75, 3.05) is 20.7 Å². The summed E-state index contributed by atoms with van der Waals surface area (Å²) in [7, 11) is 3.39. The number of hydrogen-bond donors (Lipinski definition) is 1. The first kappa shape index (κ1) is 10.2. The van der Waals surface area contributed by atoms with Gasteiger partial charge < -0.3 is 15.1 Å². The van der Waals surface area contributed by atoms with E-state index < -0.39 is 0 Å². The zero-order valence-electron chi connectivity index (χ0n) is 9.23. The Labute approximate surface area is 88.9 Å². The lowest BCUT2D eigenvalue weighted by atomic mass is 10.3. The molecule has 0 aromatic rings. The molecular weight excluding hydrogens is 196 g/mol. The molecule has 0 aromatic heterocycles. The minimum atomic E-state index is -0.235. The second-order valence-corrected chi connectivity index (χ2v) is 3.82. The zero-order chi connectivity index (χ0) is 11.0. The number of amides is 2. The van der Waals surface area contributed by atoms with Gasteiger partial charge in [0.25, 0.3) is 0 Å². The van der Waals surface area contributed by atoms with Crippen LogP contribution in [0.4, 0.5) is 4.79 Å². The van der Waals surface area contributed by atoms with Crippen LogP contribution in [0.3, 0.4) is 0 Å². The summed E-state index contributed by atoms with van der Waals surface area (Å²) in [6.45, 7) is 2.75. The first-order valence-electron chi connectivity index (χ1n) is 5.05. The number of carbonyl (C=O) groups is 1. The second-order valence-electron chi connectivity index (χ2n) is 3.82. The molecular formula is C9H16N4O2. The number of likely N-dealkylation sites (N-methyl/N-ethyl adjacent to an activating group) is 1. The molecule has 2 atom stereocenters. The topological polar surface area (TPSA) is 57.2 Å². The summed E-state index contributed by atoms with van der Waals surface area (Å²) in [6.07, 6.45) is 0.535. The molecule has 2 aliphatic rings. The van der Waals surface area contributed by atoms with E-state index in [1.54, 1.807) is 24.0 Å². The van der Waals surface area contributed by atoms with Gasteiger partial charge in [-0.15, -0.1) is 0 Å². The van der Waals surface area contributed by atoms with Gasteiger partial charge in [0.15, 0.2) is 6.23 Å². The lowest BCUT2D eigenvalue weighted by Crippen LogP contribution is -2.41. The maximum atomic E-state index is 11.9. The highest BCUT2D eigenvalue weighted by Gasteiger charge is 2.44. The van der Waals surface area contributed by atoms with E-state index in [1.165, 1.54) is 0 Å². The average Bonchev–Trinajstić information content (AvgIpc) is 2.81. The van der Waals surface area contributed by atoms with Crippen molar-refractivity contribution in [1.29, 1.82) is 0 Å². The monoisotopic (exact) mass is 212 g/mol. The molecule has 0 radical (unpaired) electrons. The summed E-state index contributed by atoms with van der Waals surface area (Å²) in [5, 5.41) is 4.10. The number of rotatable bonds is 1. The number of hydrogen-bond acceptors (Lipinski definition) is 4. The van der Waals surface area contributed by atoms with Crippen molar-refractivity contribution in [1.82, 2.24) is 15.2 Å². The van der Waals surface area contributed by atoms with Crippen molar-refractivity contribution in [3.8, 4) is 0 Å². The van der Waals surface area contributed by atoms with Gasteiger partial charge in [-0.1, -0.05) is 0 Å². The Morgan fingerprint density at radius 2 is 2.33 bits per heavy atom. The Morgan fingerprint density at radius 1 is 1.60 bits per heavy atom. The van der Waals surface area contributed by atoms with E-state index in [1.807, 2.05) is 6.92 Å². The average molecular weight is 212 g/mol. The Hall–Kier alpha value is -1.30. The summed E-state index contributed by atoms with van der Waals surface area (Å²) in [4.78, 5) is 15.2. The SMILES string of the molecule is COC1C(C)N(C)C(=O)N1C1=NNCC1. The van der Waals surface area contributed by atoms with Gasteiger partial charge in [0.05, 0.1) is 6.04 Å². The Balaban J connectivity index is 2.25. The molecule has 2 rings (SSSR count). The summed E-state index contributed by atoms with van der Waals surface area (Å²) in [5.41, 5.74) is 2.86. The number of ether oxygens (including phenoxy) is 1. The molecule has 1 saturated heterocycles. The van der Waals surface area contributed by atoms with E-state index in [9.17, 15) is 4.79 Å².